The molecular formula is C13H20N2O4. The molecule has 0 saturated carbocycles. The van der Waals surface area contributed by atoms with Gasteiger partial charge in [0.25, 0.3) is 0 Å². The van der Waals surface area contributed by atoms with E-state index >= 15 is 0 Å². The molecule has 1 rings (SSSR count). The number of aliphatic hydroxyl groups excluding tert-OH is 1. The molecule has 0 bridgehead atoms. The van der Waals surface area contributed by atoms with Crippen molar-refractivity contribution in [3.05, 3.63) is 23.4 Å². The summed E-state index contributed by atoms with van der Waals surface area (Å²) < 4.78 is 4.96. The number of carboxylic acid groups (broad SMARTS) is 1. The topological polar surface area (TPSA) is 91.7 Å². The number of hydrogen-bond donors (Lipinski definition) is 3. The number of anilines is 1. The van der Waals surface area contributed by atoms with Gasteiger partial charge in [0.1, 0.15) is 5.82 Å². The average molecular weight is 268 g/mol. The predicted octanol–water partition coefficient (Wildman–Crippen LogP) is 1.15. The van der Waals surface area contributed by atoms with Crippen LogP contribution in [0.3, 0.4) is 0 Å². The van der Waals surface area contributed by atoms with Gasteiger partial charge in [0.15, 0.2) is 0 Å². The summed E-state index contributed by atoms with van der Waals surface area (Å²) in [4.78, 5) is 15.4. The largest absolute Gasteiger partial charge is 0.478 e. The first-order valence-corrected chi connectivity index (χ1v) is 6.21. The molecule has 106 valence electrons. The number of nitrogens with one attached hydrogen (secondary N) is 1. The van der Waals surface area contributed by atoms with Crippen LogP contribution in [0.1, 0.15) is 29.4 Å². The molecule has 6 nitrogen and oxygen atoms in total. The van der Waals surface area contributed by atoms with E-state index in [4.69, 9.17) is 9.84 Å². The summed E-state index contributed by atoms with van der Waals surface area (Å²) in [6.07, 6.45) is 1.60. The van der Waals surface area contributed by atoms with Gasteiger partial charge in [0, 0.05) is 12.8 Å². The fraction of sp³-hybridized carbons (Fsp3) is 0.538. The van der Waals surface area contributed by atoms with Gasteiger partial charge < -0.3 is 20.3 Å². The van der Waals surface area contributed by atoms with Crippen molar-refractivity contribution in [1.29, 1.82) is 0 Å². The molecule has 0 spiro atoms. The SMILES string of the molecule is CCCc1cc(C(=O)O)cc(NC(CO)COC)n1. The number of aliphatic hydroxyl groups is 1. The second-order valence-electron chi connectivity index (χ2n) is 4.27. The Kier molecular flexibility index (Phi) is 6.24. The van der Waals surface area contributed by atoms with E-state index in [2.05, 4.69) is 10.3 Å². The molecule has 0 amide bonds. The number of aromatic nitrogens is 1. The molecule has 1 atom stereocenters. The van der Waals surface area contributed by atoms with E-state index in [1.165, 1.54) is 13.2 Å². The number of ether oxygens (including phenoxy) is 1. The third kappa shape index (κ3) is 4.84. The van der Waals surface area contributed by atoms with E-state index in [-0.39, 0.29) is 18.2 Å². The van der Waals surface area contributed by atoms with Gasteiger partial charge in [-0.3, -0.25) is 0 Å². The molecule has 0 aromatic carbocycles. The highest BCUT2D eigenvalue weighted by Crippen LogP contribution is 2.13. The first-order chi connectivity index (χ1) is 9.10. The van der Waals surface area contributed by atoms with Gasteiger partial charge >= 0.3 is 5.97 Å². The molecule has 1 aromatic heterocycles. The molecule has 0 radical (unpaired) electrons. The Hall–Kier alpha value is -1.66. The van der Waals surface area contributed by atoms with Crippen LogP contribution in [0.2, 0.25) is 0 Å². The zero-order valence-electron chi connectivity index (χ0n) is 11.2. The Morgan fingerprint density at radius 3 is 2.79 bits per heavy atom. The standard InChI is InChI=1S/C13H20N2O4/c1-3-4-10-5-9(13(17)18)6-12(14-10)15-11(7-16)8-19-2/h5-6,11,16H,3-4,7-8H2,1-2H3,(H,14,15)(H,17,18). The summed E-state index contributed by atoms with van der Waals surface area (Å²) in [5.41, 5.74) is 0.911. The van der Waals surface area contributed by atoms with Crippen molar-refractivity contribution in [2.24, 2.45) is 0 Å². The number of rotatable bonds is 8. The van der Waals surface area contributed by atoms with Crippen LogP contribution < -0.4 is 5.32 Å². The number of aromatic carboxylic acids is 1. The van der Waals surface area contributed by atoms with E-state index < -0.39 is 5.97 Å². The summed E-state index contributed by atoms with van der Waals surface area (Å²) in [5, 5.41) is 21.2. The number of aryl methyl sites for hydroxylation is 1. The molecule has 1 unspecified atom stereocenters. The molecule has 0 aliphatic heterocycles. The van der Waals surface area contributed by atoms with Gasteiger partial charge in [-0.1, -0.05) is 13.3 Å². The van der Waals surface area contributed by atoms with E-state index in [0.717, 1.165) is 12.1 Å². The maximum atomic E-state index is 11.1. The van der Waals surface area contributed by atoms with Crippen LogP contribution >= 0.6 is 0 Å². The molecule has 1 aromatic rings. The van der Waals surface area contributed by atoms with Crippen molar-refractivity contribution in [3.8, 4) is 0 Å². The van der Waals surface area contributed by atoms with Crippen LogP contribution in [-0.4, -0.2) is 47.5 Å². The van der Waals surface area contributed by atoms with Gasteiger partial charge in [-0.05, 0) is 18.6 Å². The second-order valence-corrected chi connectivity index (χ2v) is 4.27. The monoisotopic (exact) mass is 268 g/mol. The lowest BCUT2D eigenvalue weighted by atomic mass is 10.1. The zero-order chi connectivity index (χ0) is 14.3. The molecule has 0 aliphatic rings. The van der Waals surface area contributed by atoms with Crippen LogP contribution in [0.25, 0.3) is 0 Å². The summed E-state index contributed by atoms with van der Waals surface area (Å²) in [5.74, 6) is -0.547. The predicted molar refractivity (Wildman–Crippen MR) is 71.6 cm³/mol. The van der Waals surface area contributed by atoms with Gasteiger partial charge in [-0.15, -0.1) is 0 Å². The maximum absolute atomic E-state index is 11.1. The highest BCUT2D eigenvalue weighted by molar-refractivity contribution is 5.88. The molecule has 19 heavy (non-hydrogen) atoms. The molecule has 3 N–H and O–H groups in total. The summed E-state index contributed by atoms with van der Waals surface area (Å²) >= 11 is 0. The number of methoxy groups -OCH3 is 1. The Morgan fingerprint density at radius 2 is 2.26 bits per heavy atom. The van der Waals surface area contributed by atoms with Gasteiger partial charge in [-0.2, -0.15) is 0 Å². The van der Waals surface area contributed by atoms with Gasteiger partial charge in [0.05, 0.1) is 24.8 Å². The fourth-order valence-corrected chi connectivity index (χ4v) is 1.72. The fourth-order valence-electron chi connectivity index (χ4n) is 1.72. The first-order valence-electron chi connectivity index (χ1n) is 6.21. The van der Waals surface area contributed by atoms with Crippen LogP contribution in [0, 0.1) is 0 Å². The molecular weight excluding hydrogens is 248 g/mol. The van der Waals surface area contributed by atoms with E-state index in [1.807, 2.05) is 6.92 Å². The number of carboxylic acids is 1. The summed E-state index contributed by atoms with van der Waals surface area (Å²) in [7, 11) is 1.54. The summed E-state index contributed by atoms with van der Waals surface area (Å²) in [6, 6.07) is 2.72. The molecule has 1 heterocycles. The lowest BCUT2D eigenvalue weighted by Crippen LogP contribution is -2.29. The normalized spacial score (nSPS) is 12.2. The van der Waals surface area contributed by atoms with Crippen molar-refractivity contribution in [2.75, 3.05) is 25.6 Å². The molecule has 0 saturated heterocycles. The lowest BCUT2D eigenvalue weighted by molar-refractivity contribution is 0.0696. The number of carbonyl (C=O) groups is 1. The van der Waals surface area contributed by atoms with E-state index in [0.29, 0.717) is 18.8 Å². The van der Waals surface area contributed by atoms with Gasteiger partial charge in [-0.25, -0.2) is 9.78 Å². The molecule has 0 aliphatic carbocycles. The minimum atomic E-state index is -0.991. The minimum Gasteiger partial charge on any atom is -0.478 e. The van der Waals surface area contributed by atoms with Crippen molar-refractivity contribution in [2.45, 2.75) is 25.8 Å². The third-order valence-electron chi connectivity index (χ3n) is 2.57. The Bertz CT molecular complexity index is 423. The quantitative estimate of drug-likeness (QED) is 0.655. The smallest absolute Gasteiger partial charge is 0.335 e. The first kappa shape index (κ1) is 15.4. The maximum Gasteiger partial charge on any atom is 0.335 e. The Balaban J connectivity index is 2.94. The third-order valence-corrected chi connectivity index (χ3v) is 2.57. The lowest BCUT2D eigenvalue weighted by Gasteiger charge is -2.16. The van der Waals surface area contributed by atoms with Crippen LogP contribution in [0.15, 0.2) is 12.1 Å². The Morgan fingerprint density at radius 1 is 1.53 bits per heavy atom. The highest BCUT2D eigenvalue weighted by Gasteiger charge is 2.12. The van der Waals surface area contributed by atoms with Crippen molar-refractivity contribution < 1.29 is 19.7 Å². The van der Waals surface area contributed by atoms with Crippen LogP contribution in [-0.2, 0) is 11.2 Å². The van der Waals surface area contributed by atoms with Crippen molar-refractivity contribution >= 4 is 11.8 Å². The van der Waals surface area contributed by atoms with Crippen LogP contribution in [0.4, 0.5) is 5.82 Å². The zero-order valence-corrected chi connectivity index (χ0v) is 11.2. The van der Waals surface area contributed by atoms with E-state index in [1.54, 1.807) is 6.07 Å². The average Bonchev–Trinajstić information content (AvgIpc) is 2.38. The molecule has 6 heteroatoms. The van der Waals surface area contributed by atoms with Crippen molar-refractivity contribution in [3.63, 3.8) is 0 Å². The number of hydrogen-bond acceptors (Lipinski definition) is 5. The number of pyridine rings is 1. The van der Waals surface area contributed by atoms with Crippen LogP contribution in [0.5, 0.6) is 0 Å². The minimum absolute atomic E-state index is 0.115. The molecule has 0 fully saturated rings. The van der Waals surface area contributed by atoms with Gasteiger partial charge in [0.2, 0.25) is 0 Å². The number of nitrogens with zero attached hydrogens (tertiary/aromatic N) is 1. The second kappa shape index (κ2) is 7.70. The summed E-state index contributed by atoms with van der Waals surface area (Å²) in [6.45, 7) is 2.21. The van der Waals surface area contributed by atoms with Crippen molar-refractivity contribution in [1.82, 2.24) is 4.98 Å². The highest BCUT2D eigenvalue weighted by atomic mass is 16.5. The Labute approximate surface area is 112 Å². The van der Waals surface area contributed by atoms with E-state index in [9.17, 15) is 9.90 Å².